The zero-order valence-corrected chi connectivity index (χ0v) is 9.29. The lowest BCUT2D eigenvalue weighted by Crippen LogP contribution is -2.17. The lowest BCUT2D eigenvalue weighted by atomic mass is 10.4. The minimum absolute atomic E-state index is 0.0427. The smallest absolute Gasteiger partial charge is 0.268 e. The fourth-order valence-electron chi connectivity index (χ4n) is 1.47. The first-order valence-corrected chi connectivity index (χ1v) is 5.54. The Kier molecular flexibility index (Phi) is 2.14. The van der Waals surface area contributed by atoms with Gasteiger partial charge < -0.3 is 0 Å². The van der Waals surface area contributed by atoms with Crippen molar-refractivity contribution in [1.82, 2.24) is 19.4 Å². The van der Waals surface area contributed by atoms with Gasteiger partial charge in [0.15, 0.2) is 10.6 Å². The Labute approximate surface area is 101 Å². The van der Waals surface area contributed by atoms with Crippen molar-refractivity contribution in [3.05, 3.63) is 34.0 Å². The normalized spacial score (nSPS) is 12.4. The van der Waals surface area contributed by atoms with Crippen molar-refractivity contribution in [2.45, 2.75) is 6.18 Å². The number of thiazole rings is 1. The number of rotatable bonds is 0. The van der Waals surface area contributed by atoms with Gasteiger partial charge in [0.05, 0.1) is 0 Å². The third-order valence-electron chi connectivity index (χ3n) is 2.26. The van der Waals surface area contributed by atoms with Crippen LogP contribution in [0.4, 0.5) is 13.2 Å². The summed E-state index contributed by atoms with van der Waals surface area (Å²) < 4.78 is 38.5. The third-order valence-corrected chi connectivity index (χ3v) is 3.02. The lowest BCUT2D eigenvalue weighted by molar-refractivity contribution is -0.144. The zero-order chi connectivity index (χ0) is 12.9. The van der Waals surface area contributed by atoms with E-state index in [2.05, 4.69) is 15.0 Å². The summed E-state index contributed by atoms with van der Waals surface area (Å²) in [5.41, 5.74) is -0.727. The molecule has 0 aromatic carbocycles. The molecule has 0 spiro atoms. The van der Waals surface area contributed by atoms with Crippen molar-refractivity contribution in [2.75, 3.05) is 0 Å². The van der Waals surface area contributed by atoms with Gasteiger partial charge in [0.25, 0.3) is 5.56 Å². The molecule has 0 saturated carbocycles. The van der Waals surface area contributed by atoms with Crippen molar-refractivity contribution in [2.24, 2.45) is 0 Å². The standard InChI is InChI=1S/C9H3F3N4OS/c10-9(11,12)7-13-3-4-5(14-7)15-8-16(6(4)17)1-2-18-8/h1-3H. The maximum Gasteiger partial charge on any atom is 0.451 e. The van der Waals surface area contributed by atoms with E-state index >= 15 is 0 Å². The van der Waals surface area contributed by atoms with Crippen LogP contribution in [0.1, 0.15) is 5.82 Å². The molecule has 18 heavy (non-hydrogen) atoms. The first kappa shape index (κ1) is 11.1. The molecule has 5 nitrogen and oxygen atoms in total. The van der Waals surface area contributed by atoms with Gasteiger partial charge in [0.2, 0.25) is 5.82 Å². The van der Waals surface area contributed by atoms with Gasteiger partial charge in [0.1, 0.15) is 5.39 Å². The van der Waals surface area contributed by atoms with Crippen LogP contribution in [0.25, 0.3) is 16.0 Å². The average molecular weight is 272 g/mol. The molecule has 0 bridgehead atoms. The summed E-state index contributed by atoms with van der Waals surface area (Å²) in [6, 6.07) is 0. The molecule has 0 radical (unpaired) electrons. The molecule has 0 amide bonds. The minimum atomic E-state index is -4.66. The molecule has 0 aliphatic rings. The fourth-order valence-corrected chi connectivity index (χ4v) is 2.17. The second kappa shape index (κ2) is 3.48. The van der Waals surface area contributed by atoms with E-state index in [0.29, 0.717) is 4.96 Å². The SMILES string of the molecule is O=c1c2cnc(C(F)(F)F)nc2nc2sccn12. The summed E-state index contributed by atoms with van der Waals surface area (Å²) in [5.74, 6) is -1.30. The van der Waals surface area contributed by atoms with Gasteiger partial charge in [-0.05, 0) is 0 Å². The highest BCUT2D eigenvalue weighted by Gasteiger charge is 2.35. The van der Waals surface area contributed by atoms with Crippen LogP contribution in [0.3, 0.4) is 0 Å². The Morgan fingerprint density at radius 1 is 1.28 bits per heavy atom. The van der Waals surface area contributed by atoms with Crippen LogP contribution in [0.15, 0.2) is 22.6 Å². The Morgan fingerprint density at radius 2 is 2.06 bits per heavy atom. The first-order chi connectivity index (χ1) is 8.47. The van der Waals surface area contributed by atoms with E-state index in [1.165, 1.54) is 10.6 Å². The highest BCUT2D eigenvalue weighted by Crippen LogP contribution is 2.26. The number of halogens is 3. The molecular formula is C9H3F3N4OS. The molecular weight excluding hydrogens is 269 g/mol. The van der Waals surface area contributed by atoms with E-state index < -0.39 is 17.6 Å². The van der Waals surface area contributed by atoms with Gasteiger partial charge in [-0.2, -0.15) is 18.2 Å². The van der Waals surface area contributed by atoms with Crippen molar-refractivity contribution in [3.8, 4) is 0 Å². The molecule has 3 aromatic heterocycles. The Hall–Kier alpha value is -2.03. The number of aromatic nitrogens is 4. The molecule has 0 fully saturated rings. The Balaban J connectivity index is 2.42. The topological polar surface area (TPSA) is 60.2 Å². The summed E-state index contributed by atoms with van der Waals surface area (Å²) in [6.45, 7) is 0. The summed E-state index contributed by atoms with van der Waals surface area (Å²) in [4.78, 5) is 22.5. The van der Waals surface area contributed by atoms with Gasteiger partial charge in [-0.25, -0.2) is 9.97 Å². The second-order valence-electron chi connectivity index (χ2n) is 3.40. The van der Waals surface area contributed by atoms with Crippen LogP contribution < -0.4 is 5.56 Å². The van der Waals surface area contributed by atoms with Gasteiger partial charge in [-0.15, -0.1) is 11.3 Å². The van der Waals surface area contributed by atoms with E-state index in [9.17, 15) is 18.0 Å². The molecule has 3 aromatic rings. The van der Waals surface area contributed by atoms with Crippen molar-refractivity contribution in [3.63, 3.8) is 0 Å². The summed E-state index contributed by atoms with van der Waals surface area (Å²) in [6.07, 6.45) is -2.31. The van der Waals surface area contributed by atoms with E-state index in [1.807, 2.05) is 0 Å². The van der Waals surface area contributed by atoms with Crippen LogP contribution in [0.2, 0.25) is 0 Å². The molecule has 92 valence electrons. The van der Waals surface area contributed by atoms with Crippen LogP contribution >= 0.6 is 11.3 Å². The minimum Gasteiger partial charge on any atom is -0.268 e. The van der Waals surface area contributed by atoms with Crippen molar-refractivity contribution >= 4 is 27.3 Å². The zero-order valence-electron chi connectivity index (χ0n) is 8.47. The third kappa shape index (κ3) is 1.55. The molecule has 0 unspecified atom stereocenters. The maximum atomic E-state index is 12.4. The van der Waals surface area contributed by atoms with Crippen LogP contribution in [0, 0.1) is 0 Å². The number of alkyl halides is 3. The first-order valence-electron chi connectivity index (χ1n) is 4.66. The van der Waals surface area contributed by atoms with Gasteiger partial charge in [-0.1, -0.05) is 0 Å². The van der Waals surface area contributed by atoms with E-state index in [0.717, 1.165) is 17.5 Å². The summed E-state index contributed by atoms with van der Waals surface area (Å²) >= 11 is 1.14. The molecule has 0 saturated heterocycles. The number of fused-ring (bicyclic) bond motifs is 2. The van der Waals surface area contributed by atoms with Gasteiger partial charge in [0, 0.05) is 17.8 Å². The van der Waals surface area contributed by atoms with E-state index in [4.69, 9.17) is 0 Å². The predicted molar refractivity (Wildman–Crippen MR) is 57.4 cm³/mol. The number of nitrogens with zero attached hydrogens (tertiary/aromatic N) is 4. The summed E-state index contributed by atoms with van der Waals surface area (Å²) in [7, 11) is 0. The van der Waals surface area contributed by atoms with Crippen LogP contribution in [0.5, 0.6) is 0 Å². The molecule has 0 aliphatic carbocycles. The Bertz CT molecular complexity index is 807. The lowest BCUT2D eigenvalue weighted by Gasteiger charge is -2.04. The largest absolute Gasteiger partial charge is 0.451 e. The van der Waals surface area contributed by atoms with Crippen LogP contribution in [-0.4, -0.2) is 19.4 Å². The van der Waals surface area contributed by atoms with Crippen molar-refractivity contribution in [1.29, 1.82) is 0 Å². The molecule has 0 aliphatic heterocycles. The highest BCUT2D eigenvalue weighted by molar-refractivity contribution is 7.15. The predicted octanol–water partition coefficient (Wildman–Crippen LogP) is 1.72. The van der Waals surface area contributed by atoms with Gasteiger partial charge in [-0.3, -0.25) is 9.20 Å². The average Bonchev–Trinajstić information content (AvgIpc) is 2.75. The number of hydrogen-bond acceptors (Lipinski definition) is 5. The van der Waals surface area contributed by atoms with E-state index in [-0.39, 0.29) is 11.0 Å². The van der Waals surface area contributed by atoms with E-state index in [1.54, 1.807) is 5.38 Å². The fraction of sp³-hybridized carbons (Fsp3) is 0.111. The highest BCUT2D eigenvalue weighted by atomic mass is 32.1. The number of hydrogen-bond donors (Lipinski definition) is 0. The Morgan fingerprint density at radius 3 is 2.78 bits per heavy atom. The maximum absolute atomic E-state index is 12.4. The van der Waals surface area contributed by atoms with Gasteiger partial charge >= 0.3 is 6.18 Å². The van der Waals surface area contributed by atoms with Crippen molar-refractivity contribution < 1.29 is 13.2 Å². The monoisotopic (exact) mass is 272 g/mol. The van der Waals surface area contributed by atoms with Crippen LogP contribution in [-0.2, 0) is 6.18 Å². The summed E-state index contributed by atoms with van der Waals surface area (Å²) in [5, 5.41) is 1.57. The molecule has 3 rings (SSSR count). The molecule has 0 N–H and O–H groups in total. The molecule has 9 heteroatoms. The second-order valence-corrected chi connectivity index (χ2v) is 4.27. The molecule has 0 atom stereocenters. The quantitative estimate of drug-likeness (QED) is 0.625. The molecule has 3 heterocycles.